The summed E-state index contributed by atoms with van der Waals surface area (Å²) in [6.07, 6.45) is -0.161. The Kier molecular flexibility index (Phi) is 4.98. The molecule has 0 atom stereocenters. The molecular formula is C18H18N2O8S2. The molecule has 0 bridgehead atoms. The number of sulfonamides is 2. The average molecular weight is 454 g/mol. The molecule has 2 heterocycles. The smallest absolute Gasteiger partial charge is 0.265 e. The van der Waals surface area contributed by atoms with Crippen LogP contribution in [0.5, 0.6) is 17.2 Å². The van der Waals surface area contributed by atoms with Crippen molar-refractivity contribution in [2.24, 2.45) is 0 Å². The first-order valence-electron chi connectivity index (χ1n) is 8.88. The molecule has 1 N–H and O–H groups in total. The van der Waals surface area contributed by atoms with Crippen LogP contribution in [0.15, 0.2) is 41.3 Å². The molecule has 160 valence electrons. The van der Waals surface area contributed by atoms with Gasteiger partial charge in [0.2, 0.25) is 15.9 Å². The Morgan fingerprint density at radius 3 is 2.47 bits per heavy atom. The maximum atomic E-state index is 13.0. The van der Waals surface area contributed by atoms with E-state index in [-0.39, 0.29) is 34.2 Å². The van der Waals surface area contributed by atoms with Crippen molar-refractivity contribution >= 4 is 37.3 Å². The first kappa shape index (κ1) is 20.3. The molecule has 0 unspecified atom stereocenters. The molecule has 2 aromatic carbocycles. The van der Waals surface area contributed by atoms with Gasteiger partial charge >= 0.3 is 0 Å². The van der Waals surface area contributed by atoms with Gasteiger partial charge in [-0.15, -0.1) is 0 Å². The number of benzene rings is 2. The number of fused-ring (bicyclic) bond motifs is 1. The van der Waals surface area contributed by atoms with Gasteiger partial charge in [-0.2, -0.15) is 0 Å². The molecule has 0 radical (unpaired) electrons. The lowest BCUT2D eigenvalue weighted by atomic mass is 10.3. The van der Waals surface area contributed by atoms with Gasteiger partial charge < -0.3 is 14.2 Å². The van der Waals surface area contributed by atoms with E-state index in [2.05, 4.69) is 4.72 Å². The topological polar surface area (TPSA) is 128 Å². The van der Waals surface area contributed by atoms with Crippen molar-refractivity contribution in [3.8, 4) is 17.2 Å². The van der Waals surface area contributed by atoms with E-state index in [1.807, 2.05) is 0 Å². The number of carbonyl (C=O) groups is 1. The highest BCUT2D eigenvalue weighted by atomic mass is 32.2. The van der Waals surface area contributed by atoms with E-state index < -0.39 is 26.0 Å². The van der Waals surface area contributed by atoms with E-state index in [0.29, 0.717) is 29.0 Å². The van der Waals surface area contributed by atoms with Gasteiger partial charge in [0.25, 0.3) is 10.0 Å². The van der Waals surface area contributed by atoms with E-state index in [0.717, 1.165) is 6.07 Å². The number of ether oxygens (including phenoxy) is 3. The molecular weight excluding hydrogens is 436 g/mol. The number of nitrogens with one attached hydrogen (secondary N) is 1. The summed E-state index contributed by atoms with van der Waals surface area (Å²) in [5, 5.41) is 0. The molecule has 2 aliphatic heterocycles. The zero-order valence-electron chi connectivity index (χ0n) is 15.8. The highest BCUT2D eigenvalue weighted by Gasteiger charge is 2.37. The van der Waals surface area contributed by atoms with E-state index in [1.54, 1.807) is 6.07 Å². The molecule has 12 heteroatoms. The molecule has 0 saturated carbocycles. The summed E-state index contributed by atoms with van der Waals surface area (Å²) in [6, 6.07) is 8.29. The summed E-state index contributed by atoms with van der Waals surface area (Å²) in [5.41, 5.74) is 0.150. The van der Waals surface area contributed by atoms with Crippen LogP contribution in [0, 0.1) is 0 Å². The van der Waals surface area contributed by atoms with Crippen molar-refractivity contribution in [1.82, 2.24) is 0 Å². The van der Waals surface area contributed by atoms with Crippen LogP contribution in [-0.4, -0.2) is 48.8 Å². The molecule has 0 spiro atoms. The Bertz CT molecular complexity index is 1220. The van der Waals surface area contributed by atoms with Gasteiger partial charge in [0.05, 0.1) is 24.2 Å². The molecule has 1 saturated heterocycles. The van der Waals surface area contributed by atoms with Crippen molar-refractivity contribution in [3.05, 3.63) is 36.4 Å². The molecule has 2 aliphatic rings. The molecule has 0 aliphatic carbocycles. The van der Waals surface area contributed by atoms with Crippen molar-refractivity contribution in [3.63, 3.8) is 0 Å². The zero-order chi connectivity index (χ0) is 21.5. The van der Waals surface area contributed by atoms with E-state index in [4.69, 9.17) is 14.2 Å². The number of nitrogens with zero attached hydrogens (tertiary/aromatic N) is 1. The van der Waals surface area contributed by atoms with Crippen LogP contribution in [0.4, 0.5) is 11.4 Å². The molecule has 10 nitrogen and oxygen atoms in total. The maximum absolute atomic E-state index is 13.0. The van der Waals surface area contributed by atoms with Crippen LogP contribution in [0.2, 0.25) is 0 Å². The third-order valence-electron chi connectivity index (χ3n) is 4.54. The quantitative estimate of drug-likeness (QED) is 0.717. The second-order valence-corrected chi connectivity index (χ2v) is 10.1. The number of hydrogen-bond acceptors (Lipinski definition) is 8. The summed E-state index contributed by atoms with van der Waals surface area (Å²) < 4.78 is 69.5. The minimum Gasteiger partial charge on any atom is -0.495 e. The predicted octanol–water partition coefficient (Wildman–Crippen LogP) is 1.33. The van der Waals surface area contributed by atoms with Crippen molar-refractivity contribution < 1.29 is 35.8 Å². The van der Waals surface area contributed by atoms with Gasteiger partial charge in [-0.3, -0.25) is 9.52 Å². The predicted molar refractivity (Wildman–Crippen MR) is 107 cm³/mol. The maximum Gasteiger partial charge on any atom is 0.265 e. The van der Waals surface area contributed by atoms with Crippen molar-refractivity contribution in [2.75, 3.05) is 35.1 Å². The van der Waals surface area contributed by atoms with Gasteiger partial charge in [-0.1, -0.05) is 0 Å². The lowest BCUT2D eigenvalue weighted by Gasteiger charge is -2.20. The second kappa shape index (κ2) is 7.36. The van der Waals surface area contributed by atoms with Crippen molar-refractivity contribution in [1.29, 1.82) is 0 Å². The minimum atomic E-state index is -4.19. The fraction of sp³-hybridized carbons (Fsp3) is 0.278. The van der Waals surface area contributed by atoms with Crippen LogP contribution >= 0.6 is 0 Å². The highest BCUT2D eigenvalue weighted by molar-refractivity contribution is 7.94. The first-order valence-corrected chi connectivity index (χ1v) is 12.0. The fourth-order valence-electron chi connectivity index (χ4n) is 3.19. The van der Waals surface area contributed by atoms with E-state index in [1.165, 1.54) is 31.4 Å². The Labute approximate surface area is 173 Å². The second-order valence-electron chi connectivity index (χ2n) is 6.52. The largest absolute Gasteiger partial charge is 0.495 e. The number of methoxy groups -OCH3 is 1. The zero-order valence-corrected chi connectivity index (χ0v) is 17.5. The van der Waals surface area contributed by atoms with Crippen molar-refractivity contribution in [2.45, 2.75) is 11.3 Å². The van der Waals surface area contributed by atoms with Gasteiger partial charge in [0.15, 0.2) is 11.5 Å². The first-order chi connectivity index (χ1) is 14.2. The number of amides is 1. The van der Waals surface area contributed by atoms with Crippen LogP contribution in [0.1, 0.15) is 6.42 Å². The summed E-state index contributed by atoms with van der Waals surface area (Å²) in [7, 11) is -6.75. The van der Waals surface area contributed by atoms with Crippen LogP contribution < -0.4 is 23.2 Å². The van der Waals surface area contributed by atoms with Crippen LogP contribution in [0.25, 0.3) is 0 Å². The normalized spacial score (nSPS) is 17.6. The third kappa shape index (κ3) is 3.63. The van der Waals surface area contributed by atoms with Gasteiger partial charge in [-0.25, -0.2) is 21.1 Å². The molecule has 1 amide bonds. The lowest BCUT2D eigenvalue weighted by molar-refractivity contribution is -0.116. The van der Waals surface area contributed by atoms with Crippen LogP contribution in [0.3, 0.4) is 0 Å². The number of carbonyl (C=O) groups excluding carboxylic acids is 1. The number of anilines is 2. The van der Waals surface area contributed by atoms with Gasteiger partial charge in [-0.05, 0) is 30.3 Å². The molecule has 2 aromatic rings. The monoisotopic (exact) mass is 454 g/mol. The summed E-state index contributed by atoms with van der Waals surface area (Å²) >= 11 is 0. The molecule has 1 fully saturated rings. The van der Waals surface area contributed by atoms with E-state index in [9.17, 15) is 21.6 Å². The summed E-state index contributed by atoms with van der Waals surface area (Å²) in [5.74, 6) is -0.0522. The summed E-state index contributed by atoms with van der Waals surface area (Å²) in [6.45, 7) is 0.748. The number of rotatable bonds is 5. The molecule has 30 heavy (non-hydrogen) atoms. The van der Waals surface area contributed by atoms with Crippen LogP contribution in [-0.2, 0) is 24.8 Å². The SMILES string of the molecule is COc1ccc(N2C(=O)CCS2(=O)=O)cc1S(=O)(=O)Nc1ccc2c(c1)OCCO2. The lowest BCUT2D eigenvalue weighted by Crippen LogP contribution is -2.29. The summed E-state index contributed by atoms with van der Waals surface area (Å²) in [4.78, 5) is 11.7. The third-order valence-corrected chi connectivity index (χ3v) is 7.64. The average Bonchev–Trinajstić information content (AvgIpc) is 2.99. The molecule has 0 aromatic heterocycles. The van der Waals surface area contributed by atoms with E-state index >= 15 is 0 Å². The standard InChI is InChI=1S/C18H18N2O8S2/c1-26-15-5-3-13(20-18(21)6-9-29(20,22)23)11-17(15)30(24,25)19-12-2-4-14-16(10-12)28-8-7-27-14/h2-5,10-11,19H,6-9H2,1H3. The number of hydrogen-bond donors (Lipinski definition) is 1. The van der Waals surface area contributed by atoms with Gasteiger partial charge in [0, 0.05) is 12.5 Å². The minimum absolute atomic E-state index is 0.00663. The Morgan fingerprint density at radius 1 is 1.07 bits per heavy atom. The van der Waals surface area contributed by atoms with Gasteiger partial charge in [0.1, 0.15) is 23.9 Å². The fourth-order valence-corrected chi connectivity index (χ4v) is 5.88. The Morgan fingerprint density at radius 2 is 1.80 bits per heavy atom. The molecule has 4 rings (SSSR count). The Hall–Kier alpha value is -2.99. The Balaban J connectivity index is 1.72. The highest BCUT2D eigenvalue weighted by Crippen LogP contribution is 2.36.